The van der Waals surface area contributed by atoms with Gasteiger partial charge >= 0.3 is 0 Å². The summed E-state index contributed by atoms with van der Waals surface area (Å²) in [6, 6.07) is 8.19. The minimum absolute atomic E-state index is 0.726. The Kier molecular flexibility index (Phi) is 7.24. The summed E-state index contributed by atoms with van der Waals surface area (Å²) in [4.78, 5) is 0. The molecule has 76 valence electrons. The average molecular weight is 190 g/mol. The third kappa shape index (κ3) is 5.20. The predicted octanol–water partition coefficient (Wildman–Crippen LogP) is 3.80. The van der Waals surface area contributed by atoms with Crippen LogP contribution in [0.1, 0.15) is 18.1 Å². The summed E-state index contributed by atoms with van der Waals surface area (Å²) in [5.74, 6) is 0. The first-order valence-corrected chi connectivity index (χ1v) is 4.66. The Morgan fingerprint density at radius 1 is 1.29 bits per heavy atom. The molecule has 0 aliphatic carbocycles. The van der Waals surface area contributed by atoms with Gasteiger partial charge in [-0.3, -0.25) is 0 Å². The van der Waals surface area contributed by atoms with E-state index in [1.165, 1.54) is 17.4 Å². The first-order chi connectivity index (χ1) is 6.76. The second kappa shape index (κ2) is 8.11. The van der Waals surface area contributed by atoms with Gasteiger partial charge in [0, 0.05) is 0 Å². The molecule has 1 heteroatoms. The largest absolute Gasteiger partial charge is 0.502 e. The zero-order chi connectivity index (χ0) is 10.8. The smallest absolute Gasteiger partial charge is 0.0844 e. The number of hydrogen-bond donors (Lipinski definition) is 0. The summed E-state index contributed by atoms with van der Waals surface area (Å²) in [6.07, 6.45) is 3.30. The Labute approximate surface area is 86.7 Å². The van der Waals surface area contributed by atoms with Crippen LogP contribution in [0.4, 0.5) is 0 Å². The van der Waals surface area contributed by atoms with Gasteiger partial charge in [0.15, 0.2) is 0 Å². The van der Waals surface area contributed by atoms with Crippen LogP contribution in [-0.4, -0.2) is 6.61 Å². The molecule has 1 aromatic rings. The van der Waals surface area contributed by atoms with Crippen molar-refractivity contribution in [3.05, 3.63) is 54.8 Å². The summed E-state index contributed by atoms with van der Waals surface area (Å²) in [6.45, 7) is 11.7. The summed E-state index contributed by atoms with van der Waals surface area (Å²) in [5.41, 5.74) is 2.50. The Morgan fingerprint density at radius 2 is 1.93 bits per heavy atom. The van der Waals surface area contributed by atoms with Crippen LogP contribution in [0.3, 0.4) is 0 Å². The third-order valence-electron chi connectivity index (χ3n) is 1.69. The lowest BCUT2D eigenvalue weighted by atomic mass is 10.1. The highest BCUT2D eigenvalue weighted by Crippen LogP contribution is 2.06. The van der Waals surface area contributed by atoms with Gasteiger partial charge < -0.3 is 4.74 Å². The topological polar surface area (TPSA) is 9.23 Å². The molecule has 1 aromatic carbocycles. The molecule has 0 aliphatic heterocycles. The quantitative estimate of drug-likeness (QED) is 0.659. The Bertz CT molecular complexity index is 276. The zero-order valence-corrected chi connectivity index (χ0v) is 8.99. The van der Waals surface area contributed by atoms with Crippen LogP contribution in [0, 0.1) is 6.92 Å². The van der Waals surface area contributed by atoms with Gasteiger partial charge in [0.25, 0.3) is 0 Å². The highest BCUT2D eigenvalue weighted by molar-refractivity contribution is 5.50. The molecule has 0 amide bonds. The maximum Gasteiger partial charge on any atom is 0.0844 e. The fourth-order valence-electron chi connectivity index (χ4n) is 0.934. The van der Waals surface area contributed by atoms with Crippen molar-refractivity contribution in [2.24, 2.45) is 0 Å². The van der Waals surface area contributed by atoms with Crippen LogP contribution >= 0.6 is 0 Å². The summed E-state index contributed by atoms with van der Waals surface area (Å²) < 4.78 is 4.60. The number of rotatable bonds is 3. The van der Waals surface area contributed by atoms with Gasteiger partial charge in [-0.15, -0.1) is 0 Å². The van der Waals surface area contributed by atoms with Crippen molar-refractivity contribution in [1.82, 2.24) is 0 Å². The molecule has 0 atom stereocenters. The van der Waals surface area contributed by atoms with Crippen molar-refractivity contribution in [2.75, 3.05) is 6.61 Å². The van der Waals surface area contributed by atoms with Gasteiger partial charge in [-0.25, -0.2) is 0 Å². The van der Waals surface area contributed by atoms with Crippen LogP contribution in [0.5, 0.6) is 0 Å². The van der Waals surface area contributed by atoms with Crippen molar-refractivity contribution in [3.63, 3.8) is 0 Å². The lowest BCUT2D eigenvalue weighted by Crippen LogP contribution is -1.75. The fourth-order valence-corrected chi connectivity index (χ4v) is 0.934. The average Bonchev–Trinajstić information content (AvgIpc) is 2.21. The molecule has 1 rings (SSSR count). The molecule has 0 saturated carbocycles. The van der Waals surface area contributed by atoms with Crippen LogP contribution in [0.15, 0.2) is 43.7 Å². The first-order valence-electron chi connectivity index (χ1n) is 4.66. The molecule has 14 heavy (non-hydrogen) atoms. The molecule has 0 unspecified atom stereocenters. The van der Waals surface area contributed by atoms with Gasteiger partial charge in [-0.1, -0.05) is 43.5 Å². The molecule has 0 fully saturated rings. The second-order valence-electron chi connectivity index (χ2n) is 2.68. The zero-order valence-electron chi connectivity index (χ0n) is 8.99. The summed E-state index contributed by atoms with van der Waals surface area (Å²) in [5, 5.41) is 0. The molecule has 0 heterocycles. The Hall–Kier alpha value is -1.50. The van der Waals surface area contributed by atoms with Crippen molar-refractivity contribution in [2.45, 2.75) is 13.8 Å². The fraction of sp³-hybridized carbons (Fsp3) is 0.231. The molecule has 0 aromatic heterocycles. The van der Waals surface area contributed by atoms with Crippen molar-refractivity contribution < 1.29 is 4.74 Å². The van der Waals surface area contributed by atoms with E-state index in [4.69, 9.17) is 0 Å². The molecule has 1 nitrogen and oxygen atoms in total. The maximum absolute atomic E-state index is 4.60. The molecule has 0 spiro atoms. The minimum Gasteiger partial charge on any atom is -0.502 e. The van der Waals surface area contributed by atoms with Gasteiger partial charge in [0.05, 0.1) is 12.9 Å². The number of hydrogen-bond acceptors (Lipinski definition) is 1. The van der Waals surface area contributed by atoms with E-state index >= 15 is 0 Å². The molecule has 0 N–H and O–H groups in total. The minimum atomic E-state index is 0.726. The van der Waals surface area contributed by atoms with E-state index in [9.17, 15) is 0 Å². The molecule has 0 radical (unpaired) electrons. The molecule has 0 aliphatic rings. The lowest BCUT2D eigenvalue weighted by Gasteiger charge is -1.95. The van der Waals surface area contributed by atoms with Crippen molar-refractivity contribution in [3.8, 4) is 0 Å². The van der Waals surface area contributed by atoms with Crippen LogP contribution in [-0.2, 0) is 4.74 Å². The van der Waals surface area contributed by atoms with Crippen LogP contribution in [0.25, 0.3) is 6.08 Å². The number of ether oxygens (including phenoxy) is 1. The highest BCUT2D eigenvalue weighted by Gasteiger charge is 1.86. The predicted molar refractivity (Wildman–Crippen MR) is 63.1 cm³/mol. The van der Waals surface area contributed by atoms with Gasteiger partial charge in [0.2, 0.25) is 0 Å². The molecule has 0 bridgehead atoms. The van der Waals surface area contributed by atoms with E-state index in [1.807, 2.05) is 25.1 Å². The highest BCUT2D eigenvalue weighted by atomic mass is 16.5. The van der Waals surface area contributed by atoms with Gasteiger partial charge in [-0.2, -0.15) is 0 Å². The normalized spacial score (nSPS) is 8.14. The monoisotopic (exact) mass is 190 g/mol. The third-order valence-corrected chi connectivity index (χ3v) is 1.69. The molecular weight excluding hydrogens is 172 g/mol. The SMILES string of the molecule is C=COCC.C=Cc1ccccc1C. The summed E-state index contributed by atoms with van der Waals surface area (Å²) in [7, 11) is 0. The van der Waals surface area contributed by atoms with E-state index in [0.29, 0.717) is 0 Å². The number of aryl methyl sites for hydroxylation is 1. The standard InChI is InChI=1S/C9H10.C4H8O/c1-3-9-7-5-4-6-8(9)2;1-3-5-4-2/h3-7H,1H2,2H3;3H,1,4H2,2H3. The summed E-state index contributed by atoms with van der Waals surface area (Å²) >= 11 is 0. The molecule has 0 saturated heterocycles. The molecular formula is C13H18O. The van der Waals surface area contributed by atoms with Crippen LogP contribution in [0.2, 0.25) is 0 Å². The number of benzene rings is 1. The van der Waals surface area contributed by atoms with Crippen LogP contribution < -0.4 is 0 Å². The van der Waals surface area contributed by atoms with E-state index in [2.05, 4.69) is 37.0 Å². The van der Waals surface area contributed by atoms with Crippen molar-refractivity contribution >= 4 is 6.08 Å². The van der Waals surface area contributed by atoms with Crippen molar-refractivity contribution in [1.29, 1.82) is 0 Å². The van der Waals surface area contributed by atoms with E-state index in [-0.39, 0.29) is 0 Å². The van der Waals surface area contributed by atoms with E-state index < -0.39 is 0 Å². The second-order valence-corrected chi connectivity index (χ2v) is 2.68. The Balaban J connectivity index is 0.000000292. The Morgan fingerprint density at radius 3 is 2.21 bits per heavy atom. The van der Waals surface area contributed by atoms with E-state index in [0.717, 1.165) is 6.61 Å². The lowest BCUT2D eigenvalue weighted by molar-refractivity contribution is 0.270. The first kappa shape index (κ1) is 12.5. The van der Waals surface area contributed by atoms with Gasteiger partial charge in [-0.05, 0) is 25.0 Å². The van der Waals surface area contributed by atoms with E-state index in [1.54, 1.807) is 0 Å². The maximum atomic E-state index is 4.60. The van der Waals surface area contributed by atoms with Gasteiger partial charge in [0.1, 0.15) is 0 Å².